The van der Waals surface area contributed by atoms with E-state index in [9.17, 15) is 22.4 Å². The van der Waals surface area contributed by atoms with Crippen LogP contribution in [0.1, 0.15) is 11.1 Å². The van der Waals surface area contributed by atoms with Gasteiger partial charge in [-0.2, -0.15) is 8.78 Å². The molecule has 0 spiro atoms. The van der Waals surface area contributed by atoms with Gasteiger partial charge in [-0.05, 0) is 24.6 Å². The first kappa shape index (κ1) is 18.7. The van der Waals surface area contributed by atoms with Crippen molar-refractivity contribution in [1.82, 2.24) is 10.2 Å². The van der Waals surface area contributed by atoms with E-state index in [0.29, 0.717) is 6.54 Å². The van der Waals surface area contributed by atoms with Gasteiger partial charge in [-0.3, -0.25) is 9.69 Å². The Morgan fingerprint density at radius 3 is 2.71 bits per heavy atom. The summed E-state index contributed by atoms with van der Waals surface area (Å²) in [6.45, 7) is -1.06. The molecule has 0 saturated heterocycles. The molecule has 1 N–H and O–H groups in total. The van der Waals surface area contributed by atoms with Crippen molar-refractivity contribution in [1.29, 1.82) is 0 Å². The van der Waals surface area contributed by atoms with Crippen LogP contribution in [0.5, 0.6) is 0 Å². The molecule has 4 nitrogen and oxygen atoms in total. The third-order valence-corrected chi connectivity index (χ3v) is 4.00. The summed E-state index contributed by atoms with van der Waals surface area (Å²) in [7, 11) is 1.94. The van der Waals surface area contributed by atoms with Crippen molar-refractivity contribution in [3.8, 4) is 0 Å². The molecule has 0 saturated carbocycles. The van der Waals surface area contributed by atoms with Crippen LogP contribution in [-0.4, -0.2) is 56.0 Å². The van der Waals surface area contributed by atoms with Crippen LogP contribution in [0.25, 0.3) is 0 Å². The lowest BCUT2D eigenvalue weighted by atomic mass is 9.94. The lowest BCUT2D eigenvalue weighted by Crippen LogP contribution is -2.46. The van der Waals surface area contributed by atoms with Crippen LogP contribution in [0.3, 0.4) is 0 Å². The first-order valence-electron chi connectivity index (χ1n) is 7.57. The normalized spacial score (nSPS) is 18.5. The maximum Gasteiger partial charge on any atom is 0.330 e. The highest BCUT2D eigenvalue weighted by molar-refractivity contribution is 5.77. The molecule has 1 aliphatic rings. The summed E-state index contributed by atoms with van der Waals surface area (Å²) in [5.74, 6) is -4.85. The number of benzene rings is 1. The Morgan fingerprint density at radius 1 is 1.38 bits per heavy atom. The van der Waals surface area contributed by atoms with Crippen LogP contribution < -0.4 is 5.32 Å². The van der Waals surface area contributed by atoms with Gasteiger partial charge in [-0.1, -0.05) is 24.3 Å². The zero-order valence-corrected chi connectivity index (χ0v) is 13.3. The number of likely N-dealkylation sites (N-methyl/N-ethyl adjacent to an activating group) is 1. The molecule has 1 aromatic carbocycles. The van der Waals surface area contributed by atoms with Crippen LogP contribution in [0.4, 0.5) is 17.6 Å². The first-order valence-corrected chi connectivity index (χ1v) is 7.57. The largest absolute Gasteiger partial charge is 0.365 e. The third-order valence-electron chi connectivity index (χ3n) is 4.00. The number of halogens is 4. The van der Waals surface area contributed by atoms with Gasteiger partial charge in [0.15, 0.2) is 0 Å². The monoisotopic (exact) mass is 348 g/mol. The van der Waals surface area contributed by atoms with Gasteiger partial charge in [0, 0.05) is 19.1 Å². The topological polar surface area (TPSA) is 41.6 Å². The predicted octanol–water partition coefficient (Wildman–Crippen LogP) is 2.08. The molecule has 0 bridgehead atoms. The van der Waals surface area contributed by atoms with E-state index in [2.05, 4.69) is 21.0 Å². The number of ether oxygens (including phenoxy) is 1. The summed E-state index contributed by atoms with van der Waals surface area (Å²) >= 11 is 0. The number of nitrogens with one attached hydrogen (secondary N) is 1. The summed E-state index contributed by atoms with van der Waals surface area (Å²) in [4.78, 5) is 13.7. The highest BCUT2D eigenvalue weighted by atomic mass is 19.3. The van der Waals surface area contributed by atoms with Gasteiger partial charge in [-0.15, -0.1) is 0 Å². The number of rotatable bonds is 7. The first-order chi connectivity index (χ1) is 11.3. The molecule has 0 aromatic heterocycles. The van der Waals surface area contributed by atoms with Gasteiger partial charge >= 0.3 is 12.3 Å². The zero-order valence-electron chi connectivity index (χ0n) is 13.3. The minimum absolute atomic E-state index is 0.0753. The smallest absolute Gasteiger partial charge is 0.330 e. The van der Waals surface area contributed by atoms with E-state index < -0.39 is 31.5 Å². The molecule has 0 fully saturated rings. The fourth-order valence-corrected chi connectivity index (χ4v) is 2.57. The number of hydrogen-bond donors (Lipinski definition) is 1. The van der Waals surface area contributed by atoms with Gasteiger partial charge in [0.05, 0.1) is 0 Å². The van der Waals surface area contributed by atoms with Crippen LogP contribution in [0, 0.1) is 0 Å². The Bertz CT molecular complexity index is 569. The molecule has 1 atom stereocenters. The summed E-state index contributed by atoms with van der Waals surface area (Å²) in [6, 6.07) is 8.09. The van der Waals surface area contributed by atoms with Crippen molar-refractivity contribution in [2.75, 3.05) is 26.8 Å². The quantitative estimate of drug-likeness (QED) is 0.767. The summed E-state index contributed by atoms with van der Waals surface area (Å²) in [5.41, 5.74) is 2.45. The number of alkyl halides is 4. The predicted molar refractivity (Wildman–Crippen MR) is 80.2 cm³/mol. The van der Waals surface area contributed by atoms with E-state index in [1.165, 1.54) is 11.1 Å². The number of carbonyl (C=O) groups is 1. The van der Waals surface area contributed by atoms with Crippen molar-refractivity contribution >= 4 is 5.91 Å². The Labute approximate surface area is 137 Å². The van der Waals surface area contributed by atoms with Crippen molar-refractivity contribution in [3.05, 3.63) is 35.4 Å². The fraction of sp³-hybridized carbons (Fsp3) is 0.562. The second kappa shape index (κ2) is 7.94. The van der Waals surface area contributed by atoms with Gasteiger partial charge in [0.1, 0.15) is 13.2 Å². The molecule has 1 heterocycles. The van der Waals surface area contributed by atoms with Crippen LogP contribution in [0.2, 0.25) is 0 Å². The molecule has 1 aliphatic heterocycles. The lowest BCUT2D eigenvalue weighted by molar-refractivity contribution is -0.168. The molecule has 1 unspecified atom stereocenters. The van der Waals surface area contributed by atoms with Crippen LogP contribution in [-0.2, 0) is 22.5 Å². The van der Waals surface area contributed by atoms with Gasteiger partial charge in [0.2, 0.25) is 5.91 Å². The summed E-state index contributed by atoms with van der Waals surface area (Å²) in [5, 5.41) is 2.59. The number of carbonyl (C=O) groups excluding carboxylic acids is 1. The molecule has 0 radical (unpaired) electrons. The lowest BCUT2D eigenvalue weighted by Gasteiger charge is -2.34. The number of amides is 1. The molecule has 0 aliphatic carbocycles. The van der Waals surface area contributed by atoms with Crippen LogP contribution >= 0.6 is 0 Å². The van der Waals surface area contributed by atoms with E-state index >= 15 is 0 Å². The maximum atomic E-state index is 12.7. The van der Waals surface area contributed by atoms with E-state index in [1.54, 1.807) is 0 Å². The Morgan fingerprint density at radius 2 is 2.04 bits per heavy atom. The molecule has 24 heavy (non-hydrogen) atoms. The Balaban J connectivity index is 1.74. The number of hydrogen-bond acceptors (Lipinski definition) is 3. The summed E-state index contributed by atoms with van der Waals surface area (Å²) < 4.78 is 53.6. The van der Waals surface area contributed by atoms with Gasteiger partial charge < -0.3 is 10.1 Å². The fourth-order valence-electron chi connectivity index (χ4n) is 2.57. The van der Waals surface area contributed by atoms with E-state index in [-0.39, 0.29) is 6.04 Å². The molecule has 1 amide bonds. The van der Waals surface area contributed by atoms with Crippen molar-refractivity contribution < 1.29 is 27.1 Å². The SMILES string of the molecule is CN1Cc2ccccc2CC1CNC(=O)COCC(F)(F)C(F)F. The van der Waals surface area contributed by atoms with Crippen molar-refractivity contribution in [2.45, 2.75) is 31.4 Å². The Kier molecular flexibility index (Phi) is 6.17. The highest BCUT2D eigenvalue weighted by Gasteiger charge is 2.41. The van der Waals surface area contributed by atoms with E-state index in [1.807, 2.05) is 25.2 Å². The maximum absolute atomic E-state index is 12.7. The molecular weight excluding hydrogens is 328 g/mol. The highest BCUT2D eigenvalue weighted by Crippen LogP contribution is 2.23. The van der Waals surface area contributed by atoms with Gasteiger partial charge in [-0.25, -0.2) is 8.78 Å². The molecule has 2 rings (SSSR count). The third kappa shape index (κ3) is 4.91. The molecule has 8 heteroatoms. The average Bonchev–Trinajstić information content (AvgIpc) is 2.52. The van der Waals surface area contributed by atoms with Crippen molar-refractivity contribution in [2.24, 2.45) is 0 Å². The molecule has 134 valence electrons. The minimum atomic E-state index is -4.24. The molecule has 1 aromatic rings. The zero-order chi connectivity index (χ0) is 17.7. The second-order valence-corrected chi connectivity index (χ2v) is 5.90. The standard InChI is InChI=1S/C16H20F4N2O2/c1-22-8-12-5-3-2-4-11(12)6-13(22)7-21-14(23)9-24-10-16(19,20)15(17)18/h2-5,13,15H,6-10H2,1H3,(H,21,23). The summed E-state index contributed by atoms with van der Waals surface area (Å²) in [6.07, 6.45) is -3.05. The van der Waals surface area contributed by atoms with Crippen LogP contribution in [0.15, 0.2) is 24.3 Å². The van der Waals surface area contributed by atoms with E-state index in [4.69, 9.17) is 0 Å². The Hall–Kier alpha value is -1.67. The number of nitrogens with zero attached hydrogens (tertiary/aromatic N) is 1. The van der Waals surface area contributed by atoms with E-state index in [0.717, 1.165) is 13.0 Å². The minimum Gasteiger partial charge on any atom is -0.365 e. The van der Waals surface area contributed by atoms with Gasteiger partial charge in [0.25, 0.3) is 0 Å². The number of fused-ring (bicyclic) bond motifs is 1. The average molecular weight is 348 g/mol. The van der Waals surface area contributed by atoms with Crippen molar-refractivity contribution in [3.63, 3.8) is 0 Å². The second-order valence-electron chi connectivity index (χ2n) is 5.90. The molecular formula is C16H20F4N2O2.